The molecule has 0 fully saturated rings. The molecule has 0 unspecified atom stereocenters. The van der Waals surface area contributed by atoms with Crippen LogP contribution in [0, 0.1) is 0 Å². The first-order valence-corrected chi connectivity index (χ1v) is 17.5. The number of hydrogen-bond acceptors (Lipinski definition) is 5. The number of sulfonamides is 2. The lowest BCUT2D eigenvalue weighted by Crippen LogP contribution is -2.68. The summed E-state index contributed by atoms with van der Waals surface area (Å²) in [6.45, 7) is 2.83. The molecule has 0 aromatic heterocycles. The summed E-state index contributed by atoms with van der Waals surface area (Å²) in [6.07, 6.45) is -1.72. The molecule has 0 radical (unpaired) electrons. The number of alkyl halides is 6. The number of rotatable bonds is 12. The maximum absolute atomic E-state index is 14.1. The fourth-order valence-electron chi connectivity index (χ4n) is 4.97. The summed E-state index contributed by atoms with van der Waals surface area (Å²) < 4.78 is 136. The molecule has 0 amide bonds. The number of nitrogens with zero attached hydrogens (tertiary/aromatic N) is 1. The van der Waals surface area contributed by atoms with Crippen LogP contribution in [0.3, 0.4) is 0 Å². The average Bonchev–Trinajstić information content (AvgIpc) is 2.92. The minimum Gasteiger partial charge on any atom is -0.202 e. The Morgan fingerprint density at radius 3 is 1.12 bits per heavy atom. The molecule has 1 N–H and O–H groups in total. The summed E-state index contributed by atoms with van der Waals surface area (Å²) >= 11 is 0. The monoisotopic (exact) mass is 655 g/mol. The Hall–Kier alpha value is -2.51. The molecule has 6 nitrogen and oxygen atoms in total. The number of halogens is 6. The SMILES string of the molecule is CCCC(CCC)(N[P+](c1ccccc1)(c1ccccc1)c1ccccc1)N(S(=O)(=O)C(F)(F)F)S(=O)(=O)C(F)(F)F. The molecule has 42 heavy (non-hydrogen) atoms. The molecule has 0 bridgehead atoms. The van der Waals surface area contributed by atoms with Gasteiger partial charge < -0.3 is 0 Å². The molecule has 0 heterocycles. The van der Waals surface area contributed by atoms with Crippen LogP contribution >= 0.6 is 7.41 Å². The van der Waals surface area contributed by atoms with Gasteiger partial charge in [-0.25, -0.2) is 16.8 Å². The molecule has 0 atom stereocenters. The van der Waals surface area contributed by atoms with E-state index in [1.807, 2.05) is 0 Å². The standard InChI is InChI=1S/C27H30F6N2O4PS2/c1-3-20-25(21-4-2,35(41(36,37)26(28,29)30)42(38,39)27(31,32)33)34-40(22-14-8-5-9-15-22,23-16-10-6-11-17-23)24-18-12-7-13-19-24/h5-19,34H,3-4,20-21H2,1-2H3/q+1. The van der Waals surface area contributed by atoms with Crippen LogP contribution in [0.15, 0.2) is 91.0 Å². The molecular weight excluding hydrogens is 625 g/mol. The smallest absolute Gasteiger partial charge is 0.202 e. The van der Waals surface area contributed by atoms with Gasteiger partial charge in [0.25, 0.3) is 0 Å². The lowest BCUT2D eigenvalue weighted by molar-refractivity contribution is -0.0582. The van der Waals surface area contributed by atoms with Gasteiger partial charge in [0.15, 0.2) is 7.41 Å². The Balaban J connectivity index is 2.60. The highest BCUT2D eigenvalue weighted by molar-refractivity contribution is 8.05. The van der Waals surface area contributed by atoms with Crippen LogP contribution in [0.5, 0.6) is 0 Å². The Bertz CT molecular complexity index is 1390. The second-order valence-corrected chi connectivity index (χ2v) is 16.3. The minimum absolute atomic E-state index is 0.164. The zero-order valence-electron chi connectivity index (χ0n) is 22.6. The average molecular weight is 656 g/mol. The second-order valence-electron chi connectivity index (χ2n) is 9.42. The van der Waals surface area contributed by atoms with Crippen molar-refractivity contribution >= 4 is 43.4 Å². The second kappa shape index (κ2) is 12.6. The fourth-order valence-corrected chi connectivity index (χ4v) is 12.5. The Kier molecular flexibility index (Phi) is 10.2. The first-order valence-electron chi connectivity index (χ1n) is 12.8. The highest BCUT2D eigenvalue weighted by Gasteiger charge is 2.69. The third kappa shape index (κ3) is 6.23. The van der Waals surface area contributed by atoms with E-state index in [1.54, 1.807) is 91.0 Å². The van der Waals surface area contributed by atoms with Crippen LogP contribution in [0.1, 0.15) is 39.5 Å². The first-order chi connectivity index (χ1) is 19.5. The van der Waals surface area contributed by atoms with E-state index in [0.717, 1.165) is 0 Å². The van der Waals surface area contributed by atoms with Crippen molar-refractivity contribution in [2.45, 2.75) is 56.2 Å². The van der Waals surface area contributed by atoms with Crippen molar-refractivity contribution in [3.63, 3.8) is 0 Å². The van der Waals surface area contributed by atoms with Gasteiger partial charge in [0, 0.05) is 0 Å². The maximum atomic E-state index is 14.1. The van der Waals surface area contributed by atoms with Crippen molar-refractivity contribution in [1.82, 2.24) is 8.80 Å². The third-order valence-corrected chi connectivity index (χ3v) is 14.4. The van der Waals surface area contributed by atoms with Crippen molar-refractivity contribution in [2.75, 3.05) is 0 Å². The Labute approximate surface area is 242 Å². The fraction of sp³-hybridized carbons (Fsp3) is 0.333. The van der Waals surface area contributed by atoms with Gasteiger partial charge in [-0.3, -0.25) is 0 Å². The van der Waals surface area contributed by atoms with Crippen LogP contribution in [0.4, 0.5) is 26.3 Å². The molecule has 0 saturated carbocycles. The van der Waals surface area contributed by atoms with Gasteiger partial charge in [-0.2, -0.15) is 31.4 Å². The zero-order valence-corrected chi connectivity index (χ0v) is 25.1. The zero-order chi connectivity index (χ0) is 31.5. The number of hydrogen-bond donors (Lipinski definition) is 1. The predicted octanol–water partition coefficient (Wildman–Crippen LogP) is 5.78. The lowest BCUT2D eigenvalue weighted by Gasteiger charge is -2.45. The van der Waals surface area contributed by atoms with Gasteiger partial charge >= 0.3 is 31.1 Å². The van der Waals surface area contributed by atoms with E-state index in [1.165, 1.54) is 13.8 Å². The predicted molar refractivity (Wildman–Crippen MR) is 153 cm³/mol. The summed E-state index contributed by atoms with van der Waals surface area (Å²) in [6, 6.07) is 24.4. The molecule has 230 valence electrons. The molecule has 0 aliphatic carbocycles. The van der Waals surface area contributed by atoms with Crippen molar-refractivity contribution in [1.29, 1.82) is 0 Å². The van der Waals surface area contributed by atoms with E-state index in [9.17, 15) is 43.2 Å². The summed E-state index contributed by atoms with van der Waals surface area (Å²) in [5, 5.41) is 4.24. The van der Waals surface area contributed by atoms with Crippen LogP contribution in [-0.4, -0.2) is 37.2 Å². The quantitative estimate of drug-likeness (QED) is 0.152. The van der Waals surface area contributed by atoms with Crippen LogP contribution < -0.4 is 21.0 Å². The van der Waals surface area contributed by atoms with E-state index < -0.39 is 60.7 Å². The van der Waals surface area contributed by atoms with E-state index in [2.05, 4.69) is 5.09 Å². The highest BCUT2D eigenvalue weighted by Crippen LogP contribution is 2.56. The van der Waals surface area contributed by atoms with Crippen molar-refractivity contribution in [2.24, 2.45) is 0 Å². The molecule has 0 aliphatic rings. The minimum atomic E-state index is -7.12. The molecule has 3 rings (SSSR count). The molecule has 0 saturated heterocycles. The molecule has 0 aliphatic heterocycles. The highest BCUT2D eigenvalue weighted by atomic mass is 32.3. The normalized spacial score (nSPS) is 13.8. The van der Waals surface area contributed by atoms with Gasteiger partial charge in [0.05, 0.1) is 0 Å². The van der Waals surface area contributed by atoms with Gasteiger partial charge in [-0.15, -0.1) is 0 Å². The van der Waals surface area contributed by atoms with Crippen LogP contribution in [0.25, 0.3) is 0 Å². The molecule has 15 heteroatoms. The molecule has 3 aromatic carbocycles. The third-order valence-electron chi connectivity index (χ3n) is 6.50. The molecule has 0 spiro atoms. The van der Waals surface area contributed by atoms with E-state index in [0.29, 0.717) is 15.9 Å². The maximum Gasteiger partial charge on any atom is 0.512 e. The lowest BCUT2D eigenvalue weighted by atomic mass is 10.0. The van der Waals surface area contributed by atoms with E-state index in [4.69, 9.17) is 0 Å². The van der Waals surface area contributed by atoms with Crippen molar-refractivity contribution in [3.8, 4) is 0 Å². The van der Waals surface area contributed by atoms with E-state index in [-0.39, 0.29) is 12.8 Å². The molecular formula is C27H30F6N2O4PS2+. The first kappa shape index (κ1) is 34.0. The molecule has 3 aromatic rings. The number of nitrogens with one attached hydrogen (secondary N) is 1. The largest absolute Gasteiger partial charge is 0.512 e. The Morgan fingerprint density at radius 1 is 0.595 bits per heavy atom. The van der Waals surface area contributed by atoms with Crippen molar-refractivity contribution < 1.29 is 43.2 Å². The van der Waals surface area contributed by atoms with E-state index >= 15 is 0 Å². The van der Waals surface area contributed by atoms with Crippen molar-refractivity contribution in [3.05, 3.63) is 91.0 Å². The van der Waals surface area contributed by atoms with Gasteiger partial charge in [-0.1, -0.05) is 85.0 Å². The summed E-state index contributed by atoms with van der Waals surface area (Å²) in [7, 11) is -17.8. The Morgan fingerprint density at radius 2 is 0.881 bits per heavy atom. The van der Waals surface area contributed by atoms with Crippen LogP contribution in [-0.2, 0) is 20.0 Å². The topological polar surface area (TPSA) is 83.6 Å². The van der Waals surface area contributed by atoms with Crippen LogP contribution in [0.2, 0.25) is 0 Å². The van der Waals surface area contributed by atoms with Gasteiger partial charge in [0.1, 0.15) is 21.6 Å². The van der Waals surface area contributed by atoms with Gasteiger partial charge in [-0.05, 0) is 49.2 Å². The summed E-state index contributed by atoms with van der Waals surface area (Å²) in [5.41, 5.74) is -15.6. The summed E-state index contributed by atoms with van der Waals surface area (Å²) in [4.78, 5) is 0. The summed E-state index contributed by atoms with van der Waals surface area (Å²) in [5.74, 6) is 0. The number of benzene rings is 3. The van der Waals surface area contributed by atoms with Gasteiger partial charge in [0.2, 0.25) is 0 Å².